The van der Waals surface area contributed by atoms with E-state index in [9.17, 15) is 4.79 Å². The molecule has 0 aromatic carbocycles. The molecule has 2 fully saturated rings. The van der Waals surface area contributed by atoms with Gasteiger partial charge in [0.05, 0.1) is 32.0 Å². The van der Waals surface area contributed by atoms with Crippen molar-refractivity contribution in [1.29, 1.82) is 0 Å². The molecule has 2 aliphatic rings. The second kappa shape index (κ2) is 4.59. The zero-order chi connectivity index (χ0) is 11.6. The van der Waals surface area contributed by atoms with E-state index in [-0.39, 0.29) is 11.6 Å². The molecule has 0 spiro atoms. The van der Waals surface area contributed by atoms with Crippen LogP contribution in [0.3, 0.4) is 0 Å². The summed E-state index contributed by atoms with van der Waals surface area (Å²) < 4.78 is 10.7. The highest BCUT2D eigenvalue weighted by molar-refractivity contribution is 5.75. The Morgan fingerprint density at radius 2 is 1.69 bits per heavy atom. The van der Waals surface area contributed by atoms with Crippen LogP contribution in [-0.2, 0) is 9.47 Å². The first kappa shape index (κ1) is 11.7. The second-order valence-corrected chi connectivity index (χ2v) is 4.90. The third-order valence-corrected chi connectivity index (χ3v) is 3.16. The molecule has 0 atom stereocenters. The monoisotopic (exact) mass is 228 g/mol. The van der Waals surface area contributed by atoms with Crippen molar-refractivity contribution in [1.82, 2.24) is 9.80 Å². The van der Waals surface area contributed by atoms with E-state index in [1.165, 1.54) is 0 Å². The molecule has 0 radical (unpaired) electrons. The van der Waals surface area contributed by atoms with Crippen LogP contribution in [0.1, 0.15) is 13.8 Å². The van der Waals surface area contributed by atoms with Crippen LogP contribution in [0, 0.1) is 0 Å². The first-order chi connectivity index (χ1) is 7.61. The van der Waals surface area contributed by atoms with Gasteiger partial charge in [0.2, 0.25) is 0 Å². The van der Waals surface area contributed by atoms with E-state index in [0.717, 1.165) is 0 Å². The summed E-state index contributed by atoms with van der Waals surface area (Å²) in [6.45, 7) is 8.73. The minimum absolute atomic E-state index is 0.122. The number of carbonyl (C=O) groups excluding carboxylic acids is 1. The average molecular weight is 228 g/mol. The Morgan fingerprint density at radius 3 is 2.31 bits per heavy atom. The van der Waals surface area contributed by atoms with Crippen molar-refractivity contribution in [3.8, 4) is 0 Å². The largest absolute Gasteiger partial charge is 0.378 e. The zero-order valence-electron chi connectivity index (χ0n) is 10.1. The molecule has 0 aromatic rings. The third-order valence-electron chi connectivity index (χ3n) is 3.16. The molecular weight excluding hydrogens is 208 g/mol. The van der Waals surface area contributed by atoms with Crippen molar-refractivity contribution in [2.45, 2.75) is 19.4 Å². The molecule has 0 bridgehead atoms. The van der Waals surface area contributed by atoms with Gasteiger partial charge in [0, 0.05) is 19.6 Å². The zero-order valence-corrected chi connectivity index (χ0v) is 10.1. The van der Waals surface area contributed by atoms with Gasteiger partial charge in [-0.2, -0.15) is 0 Å². The summed E-state index contributed by atoms with van der Waals surface area (Å²) in [5.41, 5.74) is -0.201. The van der Waals surface area contributed by atoms with Gasteiger partial charge < -0.3 is 19.3 Å². The lowest BCUT2D eigenvalue weighted by Gasteiger charge is -2.44. The van der Waals surface area contributed by atoms with Gasteiger partial charge in [-0.3, -0.25) is 0 Å². The fourth-order valence-electron chi connectivity index (χ4n) is 2.14. The Hall–Kier alpha value is -0.810. The number of urea groups is 1. The first-order valence-corrected chi connectivity index (χ1v) is 5.83. The van der Waals surface area contributed by atoms with Gasteiger partial charge in [-0.1, -0.05) is 0 Å². The van der Waals surface area contributed by atoms with Gasteiger partial charge in [0.15, 0.2) is 0 Å². The van der Waals surface area contributed by atoms with Gasteiger partial charge >= 0.3 is 6.03 Å². The fourth-order valence-corrected chi connectivity index (χ4v) is 2.14. The molecule has 2 saturated heterocycles. The van der Waals surface area contributed by atoms with Crippen molar-refractivity contribution in [3.63, 3.8) is 0 Å². The Bertz CT molecular complexity index is 262. The number of hydrogen-bond acceptors (Lipinski definition) is 3. The van der Waals surface area contributed by atoms with Crippen LogP contribution in [0.25, 0.3) is 0 Å². The van der Waals surface area contributed by atoms with E-state index in [1.807, 2.05) is 23.6 Å². The fraction of sp³-hybridized carbons (Fsp3) is 0.909. The molecule has 2 amide bonds. The topological polar surface area (TPSA) is 42.0 Å². The van der Waals surface area contributed by atoms with E-state index in [4.69, 9.17) is 9.47 Å². The highest BCUT2D eigenvalue weighted by Crippen LogP contribution is 2.21. The van der Waals surface area contributed by atoms with Crippen LogP contribution >= 0.6 is 0 Å². The number of amides is 2. The summed E-state index contributed by atoms with van der Waals surface area (Å²) in [4.78, 5) is 16.1. The molecule has 0 aliphatic carbocycles. The van der Waals surface area contributed by atoms with Gasteiger partial charge in [-0.05, 0) is 13.8 Å². The van der Waals surface area contributed by atoms with Crippen molar-refractivity contribution in [2.75, 3.05) is 46.1 Å². The molecular formula is C11H20N2O3. The van der Waals surface area contributed by atoms with E-state index in [2.05, 4.69) is 0 Å². The smallest absolute Gasteiger partial charge is 0.320 e. The second-order valence-electron chi connectivity index (χ2n) is 4.90. The molecule has 0 aromatic heterocycles. The van der Waals surface area contributed by atoms with E-state index in [1.54, 1.807) is 0 Å². The number of nitrogens with zero attached hydrogens (tertiary/aromatic N) is 2. The maximum atomic E-state index is 12.3. The van der Waals surface area contributed by atoms with Crippen molar-refractivity contribution < 1.29 is 14.3 Å². The van der Waals surface area contributed by atoms with Gasteiger partial charge in [0.25, 0.3) is 0 Å². The Morgan fingerprint density at radius 1 is 1.06 bits per heavy atom. The maximum absolute atomic E-state index is 12.3. The Labute approximate surface area is 96.3 Å². The number of hydrogen-bond donors (Lipinski definition) is 0. The van der Waals surface area contributed by atoms with Crippen molar-refractivity contribution >= 4 is 6.03 Å². The van der Waals surface area contributed by atoms with Gasteiger partial charge in [-0.15, -0.1) is 0 Å². The molecule has 0 N–H and O–H groups in total. The number of ether oxygens (including phenoxy) is 2. The summed E-state index contributed by atoms with van der Waals surface area (Å²) in [5, 5.41) is 0. The standard InChI is InChI=1S/C11H20N2O3/c1-11(2)9-16-8-5-13(11)10(14)12-3-6-15-7-4-12/h3-9H2,1-2H3. The van der Waals surface area contributed by atoms with Crippen LogP contribution < -0.4 is 0 Å². The van der Waals surface area contributed by atoms with Crippen LogP contribution in [0.15, 0.2) is 0 Å². The summed E-state index contributed by atoms with van der Waals surface area (Å²) in [6, 6.07) is 0.122. The molecule has 5 nitrogen and oxygen atoms in total. The van der Waals surface area contributed by atoms with E-state index in [0.29, 0.717) is 46.1 Å². The molecule has 5 heteroatoms. The quantitative estimate of drug-likeness (QED) is 0.608. The first-order valence-electron chi connectivity index (χ1n) is 5.83. The van der Waals surface area contributed by atoms with Crippen LogP contribution in [0.2, 0.25) is 0 Å². The van der Waals surface area contributed by atoms with Crippen LogP contribution in [0.5, 0.6) is 0 Å². The summed E-state index contributed by atoms with van der Waals surface area (Å²) in [5.74, 6) is 0. The summed E-state index contributed by atoms with van der Waals surface area (Å²) in [7, 11) is 0. The van der Waals surface area contributed by atoms with Crippen LogP contribution in [0.4, 0.5) is 4.79 Å². The molecule has 0 saturated carbocycles. The van der Waals surface area contributed by atoms with Gasteiger partial charge in [-0.25, -0.2) is 4.79 Å². The van der Waals surface area contributed by atoms with Crippen LogP contribution in [-0.4, -0.2) is 67.4 Å². The molecule has 0 unspecified atom stereocenters. The minimum Gasteiger partial charge on any atom is -0.378 e. The molecule has 16 heavy (non-hydrogen) atoms. The van der Waals surface area contributed by atoms with E-state index < -0.39 is 0 Å². The normalized spacial score (nSPS) is 25.6. The SMILES string of the molecule is CC1(C)COCCN1C(=O)N1CCOCC1. The van der Waals surface area contributed by atoms with Gasteiger partial charge in [0.1, 0.15) is 0 Å². The average Bonchev–Trinajstić information content (AvgIpc) is 2.29. The number of morpholine rings is 2. The summed E-state index contributed by atoms with van der Waals surface area (Å²) in [6.07, 6.45) is 0. The Kier molecular flexibility index (Phi) is 3.35. The lowest BCUT2D eigenvalue weighted by atomic mass is 10.0. The number of rotatable bonds is 0. The minimum atomic E-state index is -0.201. The molecule has 2 heterocycles. The third kappa shape index (κ3) is 2.30. The molecule has 2 rings (SSSR count). The summed E-state index contributed by atoms with van der Waals surface area (Å²) >= 11 is 0. The lowest BCUT2D eigenvalue weighted by Crippen LogP contribution is -2.60. The highest BCUT2D eigenvalue weighted by atomic mass is 16.5. The highest BCUT2D eigenvalue weighted by Gasteiger charge is 2.36. The molecule has 92 valence electrons. The lowest BCUT2D eigenvalue weighted by molar-refractivity contribution is -0.0418. The molecule has 2 aliphatic heterocycles. The van der Waals surface area contributed by atoms with Crippen molar-refractivity contribution in [2.24, 2.45) is 0 Å². The van der Waals surface area contributed by atoms with E-state index >= 15 is 0 Å². The Balaban J connectivity index is 2.01. The van der Waals surface area contributed by atoms with Crippen molar-refractivity contribution in [3.05, 3.63) is 0 Å². The maximum Gasteiger partial charge on any atom is 0.320 e. The number of carbonyl (C=O) groups is 1. The predicted molar refractivity (Wildman–Crippen MR) is 59.4 cm³/mol. The predicted octanol–water partition coefficient (Wildman–Crippen LogP) is 0.549.